The van der Waals surface area contributed by atoms with Gasteiger partial charge in [-0.1, -0.05) is 45.0 Å². The van der Waals surface area contributed by atoms with E-state index < -0.39 is 0 Å². The van der Waals surface area contributed by atoms with Crippen LogP contribution >= 0.6 is 0 Å². The number of aryl methyl sites for hydroxylation is 1. The molecule has 1 heterocycles. The molecule has 3 rings (SSSR count). The molecule has 1 aliphatic rings. The Morgan fingerprint density at radius 3 is 2.38 bits per heavy atom. The standard InChI is InChI=1S/C22H29NO3/c1-14-10-18-19(22(5,6)8-7-21(18,3)4)11-16(14)9-15(2)20-12-17(13-25-24)23-26-20/h9-12,24H,7-8,13H2,1-6H3. The predicted molar refractivity (Wildman–Crippen MR) is 104 cm³/mol. The Labute approximate surface area is 155 Å². The highest BCUT2D eigenvalue weighted by Crippen LogP contribution is 2.46. The summed E-state index contributed by atoms with van der Waals surface area (Å²) < 4.78 is 5.37. The monoisotopic (exact) mass is 355 g/mol. The van der Waals surface area contributed by atoms with E-state index in [4.69, 9.17) is 9.78 Å². The molecule has 0 unspecified atom stereocenters. The Kier molecular flexibility index (Phi) is 4.84. The normalized spacial score (nSPS) is 18.7. The van der Waals surface area contributed by atoms with Gasteiger partial charge in [-0.25, -0.2) is 4.89 Å². The van der Waals surface area contributed by atoms with Crippen LogP contribution < -0.4 is 0 Å². The maximum Gasteiger partial charge on any atom is 0.162 e. The van der Waals surface area contributed by atoms with Crippen LogP contribution in [0.15, 0.2) is 22.7 Å². The SMILES string of the molecule is CC(=Cc1cc2c(cc1C)C(C)(C)CCC2(C)C)c1cc(COO)no1. The summed E-state index contributed by atoms with van der Waals surface area (Å²) >= 11 is 0. The van der Waals surface area contributed by atoms with Gasteiger partial charge in [0.15, 0.2) is 5.76 Å². The van der Waals surface area contributed by atoms with Gasteiger partial charge >= 0.3 is 0 Å². The Morgan fingerprint density at radius 2 is 1.77 bits per heavy atom. The number of nitrogens with zero attached hydrogens (tertiary/aromatic N) is 1. The summed E-state index contributed by atoms with van der Waals surface area (Å²) in [5, 5.41) is 12.4. The maximum absolute atomic E-state index is 8.55. The molecule has 0 saturated heterocycles. The third kappa shape index (κ3) is 3.49. The lowest BCUT2D eigenvalue weighted by atomic mass is 9.62. The molecule has 0 bridgehead atoms. The number of hydrogen-bond donors (Lipinski definition) is 1. The molecule has 140 valence electrons. The zero-order valence-electron chi connectivity index (χ0n) is 16.6. The number of rotatable bonds is 4. The molecule has 0 amide bonds. The van der Waals surface area contributed by atoms with Crippen molar-refractivity contribution in [1.29, 1.82) is 0 Å². The van der Waals surface area contributed by atoms with Crippen molar-refractivity contribution in [3.05, 3.63) is 51.9 Å². The number of fused-ring (bicyclic) bond motifs is 1. The smallest absolute Gasteiger partial charge is 0.162 e. The first-order chi connectivity index (χ1) is 12.1. The highest BCUT2D eigenvalue weighted by Gasteiger charge is 2.37. The van der Waals surface area contributed by atoms with Gasteiger partial charge in [-0.05, 0) is 71.4 Å². The van der Waals surface area contributed by atoms with Crippen molar-refractivity contribution in [3.8, 4) is 0 Å². The van der Waals surface area contributed by atoms with Crippen LogP contribution in [0, 0.1) is 6.92 Å². The first-order valence-corrected chi connectivity index (χ1v) is 9.20. The molecule has 1 aromatic carbocycles. The summed E-state index contributed by atoms with van der Waals surface area (Å²) in [5.41, 5.74) is 7.38. The molecule has 0 atom stereocenters. The van der Waals surface area contributed by atoms with Crippen molar-refractivity contribution in [2.75, 3.05) is 0 Å². The van der Waals surface area contributed by atoms with E-state index in [2.05, 4.69) is 62.9 Å². The summed E-state index contributed by atoms with van der Waals surface area (Å²) in [6.45, 7) is 13.6. The van der Waals surface area contributed by atoms with Crippen LogP contribution in [-0.4, -0.2) is 10.4 Å². The highest BCUT2D eigenvalue weighted by atomic mass is 17.1. The second-order valence-corrected chi connectivity index (χ2v) is 8.81. The molecular formula is C22H29NO3. The summed E-state index contributed by atoms with van der Waals surface area (Å²) in [6.07, 6.45) is 4.57. The van der Waals surface area contributed by atoms with E-state index in [1.54, 1.807) is 6.07 Å². The molecule has 1 aromatic heterocycles. The van der Waals surface area contributed by atoms with E-state index in [1.165, 1.54) is 35.1 Å². The van der Waals surface area contributed by atoms with Crippen molar-refractivity contribution in [3.63, 3.8) is 0 Å². The van der Waals surface area contributed by atoms with Crippen LogP contribution in [0.1, 0.15) is 81.2 Å². The van der Waals surface area contributed by atoms with Gasteiger partial charge in [-0.3, -0.25) is 5.26 Å². The Morgan fingerprint density at radius 1 is 1.15 bits per heavy atom. The molecule has 0 spiro atoms. The van der Waals surface area contributed by atoms with E-state index in [9.17, 15) is 0 Å². The number of allylic oxidation sites excluding steroid dienone is 1. The van der Waals surface area contributed by atoms with Gasteiger partial charge in [0.1, 0.15) is 12.3 Å². The average molecular weight is 355 g/mol. The van der Waals surface area contributed by atoms with Gasteiger partial charge in [-0.2, -0.15) is 0 Å². The average Bonchev–Trinajstić information content (AvgIpc) is 3.02. The number of aromatic nitrogens is 1. The van der Waals surface area contributed by atoms with Gasteiger partial charge in [0.05, 0.1) is 0 Å². The highest BCUT2D eigenvalue weighted by molar-refractivity contribution is 5.79. The van der Waals surface area contributed by atoms with Crippen LogP contribution in [-0.2, 0) is 22.3 Å². The largest absolute Gasteiger partial charge is 0.356 e. The van der Waals surface area contributed by atoms with Crippen molar-refractivity contribution < 1.29 is 14.7 Å². The fraction of sp³-hybridized carbons (Fsp3) is 0.500. The molecule has 0 aliphatic heterocycles. The third-order valence-corrected chi connectivity index (χ3v) is 5.77. The molecule has 1 aliphatic carbocycles. The van der Waals surface area contributed by atoms with Gasteiger partial charge in [0.2, 0.25) is 0 Å². The minimum Gasteiger partial charge on any atom is -0.356 e. The predicted octanol–water partition coefficient (Wildman–Crippen LogP) is 5.88. The second kappa shape index (κ2) is 6.67. The van der Waals surface area contributed by atoms with Crippen molar-refractivity contribution >= 4 is 11.6 Å². The van der Waals surface area contributed by atoms with E-state index in [-0.39, 0.29) is 17.4 Å². The molecule has 26 heavy (non-hydrogen) atoms. The van der Waals surface area contributed by atoms with Gasteiger partial charge in [0.25, 0.3) is 0 Å². The van der Waals surface area contributed by atoms with Crippen molar-refractivity contribution in [2.45, 2.75) is 71.8 Å². The minimum absolute atomic E-state index is 0.0257. The molecular weight excluding hydrogens is 326 g/mol. The lowest BCUT2D eigenvalue weighted by Gasteiger charge is -2.42. The fourth-order valence-corrected chi connectivity index (χ4v) is 3.83. The minimum atomic E-state index is 0.0257. The topological polar surface area (TPSA) is 55.5 Å². The summed E-state index contributed by atoms with van der Waals surface area (Å²) in [4.78, 5) is 4.12. The Hall–Kier alpha value is -1.91. The van der Waals surface area contributed by atoms with E-state index in [0.29, 0.717) is 11.5 Å². The first-order valence-electron chi connectivity index (χ1n) is 9.20. The van der Waals surface area contributed by atoms with E-state index >= 15 is 0 Å². The van der Waals surface area contributed by atoms with Crippen LogP contribution in [0.3, 0.4) is 0 Å². The van der Waals surface area contributed by atoms with Crippen LogP contribution in [0.5, 0.6) is 0 Å². The lowest BCUT2D eigenvalue weighted by molar-refractivity contribution is -0.254. The Balaban J connectivity index is 2.03. The van der Waals surface area contributed by atoms with Gasteiger partial charge < -0.3 is 4.52 Å². The molecule has 1 N–H and O–H groups in total. The summed E-state index contributed by atoms with van der Waals surface area (Å²) in [7, 11) is 0. The van der Waals surface area contributed by atoms with Gasteiger partial charge in [0, 0.05) is 6.07 Å². The van der Waals surface area contributed by atoms with E-state index in [0.717, 1.165) is 5.57 Å². The molecule has 0 fully saturated rings. The van der Waals surface area contributed by atoms with Crippen LogP contribution in [0.2, 0.25) is 0 Å². The fourth-order valence-electron chi connectivity index (χ4n) is 3.83. The molecule has 0 saturated carbocycles. The molecule has 4 nitrogen and oxygen atoms in total. The lowest BCUT2D eigenvalue weighted by Crippen LogP contribution is -2.34. The first kappa shape index (κ1) is 18.9. The zero-order chi connectivity index (χ0) is 19.1. The van der Waals surface area contributed by atoms with Crippen molar-refractivity contribution in [1.82, 2.24) is 5.16 Å². The third-order valence-electron chi connectivity index (χ3n) is 5.77. The summed E-state index contributed by atoms with van der Waals surface area (Å²) in [5.74, 6) is 0.689. The van der Waals surface area contributed by atoms with Crippen LogP contribution in [0.25, 0.3) is 11.6 Å². The van der Waals surface area contributed by atoms with Crippen LogP contribution in [0.4, 0.5) is 0 Å². The second-order valence-electron chi connectivity index (χ2n) is 8.81. The summed E-state index contributed by atoms with van der Waals surface area (Å²) in [6, 6.07) is 6.51. The van der Waals surface area contributed by atoms with E-state index in [1.807, 2.05) is 6.92 Å². The maximum atomic E-state index is 8.55. The molecule has 4 heteroatoms. The molecule has 0 radical (unpaired) electrons. The number of hydrogen-bond acceptors (Lipinski definition) is 4. The Bertz CT molecular complexity index is 843. The van der Waals surface area contributed by atoms with Crippen molar-refractivity contribution in [2.24, 2.45) is 0 Å². The zero-order valence-corrected chi connectivity index (χ0v) is 16.6. The number of benzene rings is 1. The van der Waals surface area contributed by atoms with Gasteiger partial charge in [-0.15, -0.1) is 0 Å². The molecule has 2 aromatic rings. The quantitative estimate of drug-likeness (QED) is 0.549.